The largest absolute Gasteiger partial charge is 0.496 e. The Balaban J connectivity index is 1.58. The maximum absolute atomic E-state index is 12.6. The predicted octanol–water partition coefficient (Wildman–Crippen LogP) is 3.87. The number of methoxy groups -OCH3 is 1. The summed E-state index contributed by atoms with van der Waals surface area (Å²) in [5.74, 6) is 0.846. The lowest BCUT2D eigenvalue weighted by molar-refractivity contribution is -0.131. The predicted molar refractivity (Wildman–Crippen MR) is 106 cm³/mol. The normalized spacial score (nSPS) is 14.5. The van der Waals surface area contributed by atoms with Crippen molar-refractivity contribution in [2.45, 2.75) is 25.3 Å². The molecule has 0 atom stereocenters. The maximum atomic E-state index is 12.6. The number of amides is 1. The van der Waals surface area contributed by atoms with Crippen molar-refractivity contribution in [1.82, 2.24) is 4.90 Å². The lowest BCUT2D eigenvalue weighted by Crippen LogP contribution is -2.43. The molecule has 0 aromatic heterocycles. The van der Waals surface area contributed by atoms with Crippen molar-refractivity contribution in [1.29, 1.82) is 5.26 Å². The molecule has 6 heteroatoms. The van der Waals surface area contributed by atoms with E-state index in [1.54, 1.807) is 25.3 Å². The second-order valence-corrected chi connectivity index (χ2v) is 6.97. The number of para-hydroxylation sites is 2. The summed E-state index contributed by atoms with van der Waals surface area (Å²) in [5.41, 5.74) is 2.12. The Morgan fingerprint density at radius 1 is 1.26 bits per heavy atom. The van der Waals surface area contributed by atoms with Crippen LogP contribution in [0.25, 0.3) is 0 Å². The van der Waals surface area contributed by atoms with Gasteiger partial charge in [-0.1, -0.05) is 35.9 Å². The summed E-state index contributed by atoms with van der Waals surface area (Å²) >= 11 is 6.24. The molecule has 0 bridgehead atoms. The number of nitrogens with zero attached hydrogens (tertiary/aromatic N) is 2. The number of anilines is 1. The molecule has 0 radical (unpaired) electrons. The molecule has 1 saturated heterocycles. The number of benzene rings is 2. The third kappa shape index (κ3) is 4.53. The van der Waals surface area contributed by atoms with Crippen LogP contribution < -0.4 is 10.1 Å². The van der Waals surface area contributed by atoms with Crippen LogP contribution in [0.3, 0.4) is 0 Å². The summed E-state index contributed by atoms with van der Waals surface area (Å²) in [5, 5.41) is 13.2. The minimum Gasteiger partial charge on any atom is -0.496 e. The summed E-state index contributed by atoms with van der Waals surface area (Å²) in [7, 11) is 1.62. The summed E-state index contributed by atoms with van der Waals surface area (Å²) in [6.45, 7) is 1.36. The zero-order chi connectivity index (χ0) is 19.2. The quantitative estimate of drug-likeness (QED) is 0.851. The Labute approximate surface area is 164 Å². The number of halogens is 1. The molecule has 5 nitrogen and oxygen atoms in total. The molecule has 2 aromatic carbocycles. The van der Waals surface area contributed by atoms with Crippen molar-refractivity contribution < 1.29 is 9.53 Å². The van der Waals surface area contributed by atoms with Gasteiger partial charge < -0.3 is 15.0 Å². The lowest BCUT2D eigenvalue weighted by Gasteiger charge is -2.33. The Bertz CT molecular complexity index is 855. The van der Waals surface area contributed by atoms with E-state index in [2.05, 4.69) is 11.4 Å². The molecule has 27 heavy (non-hydrogen) atoms. The number of hydrogen-bond acceptors (Lipinski definition) is 4. The Morgan fingerprint density at radius 3 is 2.70 bits per heavy atom. The minimum absolute atomic E-state index is 0.105. The molecule has 1 aliphatic rings. The van der Waals surface area contributed by atoms with Gasteiger partial charge in [-0.25, -0.2) is 0 Å². The third-order valence-electron chi connectivity index (χ3n) is 4.86. The van der Waals surface area contributed by atoms with E-state index in [1.165, 1.54) is 0 Å². The van der Waals surface area contributed by atoms with Gasteiger partial charge in [-0.15, -0.1) is 0 Å². The van der Waals surface area contributed by atoms with E-state index < -0.39 is 0 Å². The second kappa shape index (κ2) is 8.79. The average Bonchev–Trinajstić information content (AvgIpc) is 2.70. The van der Waals surface area contributed by atoms with Crippen LogP contribution in [0.1, 0.15) is 24.0 Å². The molecule has 0 unspecified atom stereocenters. The van der Waals surface area contributed by atoms with Crippen molar-refractivity contribution in [3.63, 3.8) is 0 Å². The van der Waals surface area contributed by atoms with E-state index in [-0.39, 0.29) is 11.9 Å². The molecule has 1 heterocycles. The van der Waals surface area contributed by atoms with Gasteiger partial charge in [-0.3, -0.25) is 4.79 Å². The first-order valence-electron chi connectivity index (χ1n) is 8.97. The standard InChI is InChI=1S/C21H22ClN3O2/c1-27-19-8-3-2-5-15(19)13-20(26)25-11-9-17(10-12-25)24-21-16(14-23)6-4-7-18(21)22/h2-8,17,24H,9-13H2,1H3. The van der Waals surface area contributed by atoms with Crippen molar-refractivity contribution in [3.8, 4) is 11.8 Å². The Morgan fingerprint density at radius 2 is 2.00 bits per heavy atom. The molecule has 2 aromatic rings. The number of nitriles is 1. The monoisotopic (exact) mass is 383 g/mol. The van der Waals surface area contributed by atoms with Crippen LogP contribution in [0.5, 0.6) is 5.75 Å². The zero-order valence-electron chi connectivity index (χ0n) is 15.2. The maximum Gasteiger partial charge on any atom is 0.227 e. The fraction of sp³-hybridized carbons (Fsp3) is 0.333. The minimum atomic E-state index is 0.105. The van der Waals surface area contributed by atoms with Gasteiger partial charge in [-0.2, -0.15) is 5.26 Å². The number of likely N-dealkylation sites (tertiary alicyclic amines) is 1. The summed E-state index contributed by atoms with van der Waals surface area (Å²) < 4.78 is 5.33. The molecular weight excluding hydrogens is 362 g/mol. The molecule has 0 aliphatic carbocycles. The van der Waals surface area contributed by atoms with Crippen LogP contribution in [0.2, 0.25) is 5.02 Å². The van der Waals surface area contributed by atoms with Gasteiger partial charge in [0.05, 0.1) is 29.8 Å². The van der Waals surface area contributed by atoms with E-state index in [0.717, 1.165) is 24.2 Å². The van der Waals surface area contributed by atoms with Crippen LogP contribution in [-0.2, 0) is 11.2 Å². The fourth-order valence-corrected chi connectivity index (χ4v) is 3.59. The second-order valence-electron chi connectivity index (χ2n) is 6.56. The number of nitrogens with one attached hydrogen (secondary N) is 1. The van der Waals surface area contributed by atoms with Crippen LogP contribution >= 0.6 is 11.6 Å². The molecule has 3 rings (SSSR count). The molecule has 1 aliphatic heterocycles. The van der Waals surface area contributed by atoms with E-state index in [4.69, 9.17) is 16.3 Å². The Kier molecular flexibility index (Phi) is 6.20. The highest BCUT2D eigenvalue weighted by atomic mass is 35.5. The smallest absolute Gasteiger partial charge is 0.227 e. The van der Waals surface area contributed by atoms with Gasteiger partial charge in [0.25, 0.3) is 0 Å². The molecular formula is C21H22ClN3O2. The number of ether oxygens (including phenoxy) is 1. The van der Waals surface area contributed by atoms with Gasteiger partial charge in [0.2, 0.25) is 5.91 Å². The number of piperidine rings is 1. The molecule has 140 valence electrons. The molecule has 1 N–H and O–H groups in total. The molecule has 0 spiro atoms. The van der Waals surface area contributed by atoms with Crippen LogP contribution in [0.15, 0.2) is 42.5 Å². The first-order chi connectivity index (χ1) is 13.1. The van der Waals surface area contributed by atoms with Crippen molar-refractivity contribution in [2.75, 3.05) is 25.5 Å². The number of carbonyl (C=O) groups excluding carboxylic acids is 1. The topological polar surface area (TPSA) is 65.4 Å². The SMILES string of the molecule is COc1ccccc1CC(=O)N1CCC(Nc2c(Cl)cccc2C#N)CC1. The van der Waals surface area contributed by atoms with Gasteiger partial charge in [0.1, 0.15) is 11.8 Å². The first kappa shape index (κ1) is 19.1. The third-order valence-corrected chi connectivity index (χ3v) is 5.18. The van der Waals surface area contributed by atoms with Crippen LogP contribution in [0.4, 0.5) is 5.69 Å². The van der Waals surface area contributed by atoms with Crippen LogP contribution in [-0.4, -0.2) is 37.0 Å². The highest BCUT2D eigenvalue weighted by Gasteiger charge is 2.24. The van der Waals surface area contributed by atoms with Gasteiger partial charge in [0.15, 0.2) is 0 Å². The zero-order valence-corrected chi connectivity index (χ0v) is 16.0. The van der Waals surface area contributed by atoms with Gasteiger partial charge >= 0.3 is 0 Å². The fourth-order valence-electron chi connectivity index (χ4n) is 3.37. The van der Waals surface area contributed by atoms with Gasteiger partial charge in [0, 0.05) is 24.7 Å². The highest BCUT2D eigenvalue weighted by molar-refractivity contribution is 6.33. The molecule has 1 amide bonds. The lowest BCUT2D eigenvalue weighted by atomic mass is 10.0. The van der Waals surface area contributed by atoms with E-state index in [1.807, 2.05) is 29.2 Å². The van der Waals surface area contributed by atoms with E-state index >= 15 is 0 Å². The van der Waals surface area contributed by atoms with Gasteiger partial charge in [-0.05, 0) is 31.0 Å². The highest BCUT2D eigenvalue weighted by Crippen LogP contribution is 2.28. The van der Waals surface area contributed by atoms with Crippen molar-refractivity contribution in [2.24, 2.45) is 0 Å². The Hall–Kier alpha value is -2.71. The molecule has 0 saturated carbocycles. The summed E-state index contributed by atoms with van der Waals surface area (Å²) in [4.78, 5) is 14.5. The van der Waals surface area contributed by atoms with E-state index in [0.29, 0.717) is 35.8 Å². The van der Waals surface area contributed by atoms with E-state index in [9.17, 15) is 10.1 Å². The number of carbonyl (C=O) groups is 1. The number of hydrogen-bond donors (Lipinski definition) is 1. The summed E-state index contributed by atoms with van der Waals surface area (Å²) in [6.07, 6.45) is 1.96. The van der Waals surface area contributed by atoms with Crippen LogP contribution in [0, 0.1) is 11.3 Å². The molecule has 1 fully saturated rings. The average molecular weight is 384 g/mol. The first-order valence-corrected chi connectivity index (χ1v) is 9.35. The van der Waals surface area contributed by atoms with Crippen molar-refractivity contribution >= 4 is 23.2 Å². The number of rotatable bonds is 5. The van der Waals surface area contributed by atoms with Crippen molar-refractivity contribution in [3.05, 3.63) is 58.6 Å². The summed E-state index contributed by atoms with van der Waals surface area (Å²) in [6, 6.07) is 15.3.